The Balaban J connectivity index is 1.08. The zero-order chi connectivity index (χ0) is 37.5. The second-order valence-electron chi connectivity index (χ2n) is 17.8. The lowest BCUT2D eigenvalue weighted by Gasteiger charge is -2.55. The Kier molecular flexibility index (Phi) is 10.7. The third kappa shape index (κ3) is 7.86. The van der Waals surface area contributed by atoms with E-state index in [1.54, 1.807) is 18.4 Å². The Morgan fingerprint density at radius 1 is 0.962 bits per heavy atom. The molecule has 2 bridgehead atoms. The minimum atomic E-state index is -0.209. The summed E-state index contributed by atoms with van der Waals surface area (Å²) in [4.78, 5) is 44.6. The second-order valence-corrected chi connectivity index (χ2v) is 18.8. The van der Waals surface area contributed by atoms with Gasteiger partial charge in [-0.05, 0) is 137 Å². The number of hydrogen-bond donors (Lipinski definition) is 0. The van der Waals surface area contributed by atoms with Gasteiger partial charge in [0.1, 0.15) is 17.7 Å². The molecule has 8 rings (SSSR count). The van der Waals surface area contributed by atoms with Gasteiger partial charge in [-0.1, -0.05) is 32.9 Å². The number of thiazole rings is 1. The number of methoxy groups -OCH3 is 1. The van der Waals surface area contributed by atoms with E-state index in [1.165, 1.54) is 11.1 Å². The van der Waals surface area contributed by atoms with Crippen molar-refractivity contribution in [2.45, 2.75) is 121 Å². The van der Waals surface area contributed by atoms with Gasteiger partial charge >= 0.3 is 6.09 Å². The number of anilines is 1. The van der Waals surface area contributed by atoms with Gasteiger partial charge in [-0.2, -0.15) is 0 Å². The molecule has 1 aromatic carbocycles. The summed E-state index contributed by atoms with van der Waals surface area (Å²) in [5, 5.41) is 1.09. The van der Waals surface area contributed by atoms with Crippen LogP contribution < -0.4 is 9.64 Å². The average molecular weight is 742 g/mol. The number of likely N-dealkylation sites (tertiary alicyclic amines) is 1. The van der Waals surface area contributed by atoms with Crippen molar-refractivity contribution < 1.29 is 19.1 Å². The van der Waals surface area contributed by atoms with Crippen LogP contribution in [-0.4, -0.2) is 84.8 Å². The molecule has 53 heavy (non-hydrogen) atoms. The first-order valence-electron chi connectivity index (χ1n) is 19.8. The Morgan fingerprint density at radius 2 is 1.68 bits per heavy atom. The summed E-state index contributed by atoms with van der Waals surface area (Å²) in [6.45, 7) is 10.8. The molecule has 1 atom stereocenters. The Hall–Kier alpha value is -3.50. The summed E-state index contributed by atoms with van der Waals surface area (Å²) in [5.74, 6) is 1.72. The van der Waals surface area contributed by atoms with Crippen molar-refractivity contribution in [3.05, 3.63) is 58.9 Å². The predicted octanol–water partition coefficient (Wildman–Crippen LogP) is 8.78. The molecule has 1 aliphatic heterocycles. The Morgan fingerprint density at radius 3 is 2.28 bits per heavy atom. The number of carbonyl (C=O) groups is 2. The standard InChI is InChI=1S/C43H59N5O4S/c1-29-24-32(10-13-35(29)51-7)43-19-16-42(17-20-43,18-21-43)28-48(37-25-31(14-22-44-37)36-26-45-39(53-36)41(2,3)4)38(49)30-8-11-34(12-9-30)52-40(50)47-23-15-33(27-47)46(5)6/h10,13-14,22,24-26,30,33-34H,8-9,11-12,15-21,23,27-28H2,1-7H3. The molecule has 9 nitrogen and oxygen atoms in total. The van der Waals surface area contributed by atoms with E-state index < -0.39 is 0 Å². The highest BCUT2D eigenvalue weighted by Crippen LogP contribution is 2.58. The van der Waals surface area contributed by atoms with E-state index in [0.717, 1.165) is 78.5 Å². The van der Waals surface area contributed by atoms with Gasteiger partial charge < -0.3 is 19.3 Å². The molecule has 5 fully saturated rings. The topological polar surface area (TPSA) is 88.1 Å². The molecule has 0 N–H and O–H groups in total. The van der Waals surface area contributed by atoms with Gasteiger partial charge in [-0.15, -0.1) is 11.3 Å². The molecule has 0 spiro atoms. The molecule has 1 saturated heterocycles. The number of pyridine rings is 1. The maximum Gasteiger partial charge on any atom is 0.410 e. The van der Waals surface area contributed by atoms with Crippen LogP contribution in [0.15, 0.2) is 42.7 Å². The highest BCUT2D eigenvalue weighted by Gasteiger charge is 2.51. The monoisotopic (exact) mass is 741 g/mol. The lowest BCUT2D eigenvalue weighted by Crippen LogP contribution is -2.52. The van der Waals surface area contributed by atoms with Crippen LogP contribution in [0.4, 0.5) is 10.6 Å². The van der Waals surface area contributed by atoms with Crippen LogP contribution in [0.1, 0.15) is 108 Å². The number of nitrogens with zero attached hydrogens (tertiary/aromatic N) is 5. The van der Waals surface area contributed by atoms with E-state index in [4.69, 9.17) is 19.4 Å². The molecular formula is C43H59N5O4S. The number of aryl methyl sites for hydroxylation is 1. The first-order chi connectivity index (χ1) is 25.3. The van der Waals surface area contributed by atoms with Crippen LogP contribution in [0.5, 0.6) is 5.75 Å². The summed E-state index contributed by atoms with van der Waals surface area (Å²) in [6, 6.07) is 11.3. The van der Waals surface area contributed by atoms with Crippen LogP contribution in [0.3, 0.4) is 0 Å². The number of likely N-dealkylation sites (N-methyl/N-ethyl adjacent to an activating group) is 1. The minimum Gasteiger partial charge on any atom is -0.496 e. The number of rotatable bonds is 9. The summed E-state index contributed by atoms with van der Waals surface area (Å²) in [6.07, 6.45) is 14.0. The van der Waals surface area contributed by atoms with Crippen LogP contribution in [-0.2, 0) is 20.4 Å². The summed E-state index contributed by atoms with van der Waals surface area (Å²) >= 11 is 1.71. The quantitative estimate of drug-likeness (QED) is 0.217. The number of carbonyl (C=O) groups excluding carboxylic acids is 2. The van der Waals surface area contributed by atoms with E-state index >= 15 is 0 Å². The van der Waals surface area contributed by atoms with Crippen LogP contribution >= 0.6 is 11.3 Å². The van der Waals surface area contributed by atoms with Crippen LogP contribution in [0.2, 0.25) is 0 Å². The first kappa shape index (κ1) is 37.8. The van der Waals surface area contributed by atoms with E-state index in [2.05, 4.69) is 71.0 Å². The normalized spacial score (nSPS) is 27.2. The SMILES string of the molecule is COc1ccc(C23CCC(CN(C(=O)C4CCC(OC(=O)N5CCC(N(C)C)C5)CC4)c4cc(-c5cnc(C(C)(C)C)s5)ccn4)(CC2)CC3)cc1C. The van der Waals surface area contributed by atoms with Crippen molar-refractivity contribution in [2.75, 3.05) is 45.7 Å². The largest absolute Gasteiger partial charge is 0.496 e. The van der Waals surface area contributed by atoms with Gasteiger partial charge in [-0.25, -0.2) is 14.8 Å². The smallest absolute Gasteiger partial charge is 0.410 e. The number of fused-ring (bicyclic) bond motifs is 3. The first-order valence-corrected chi connectivity index (χ1v) is 20.6. The third-order valence-corrected chi connectivity index (χ3v) is 14.5. The molecule has 3 heterocycles. The van der Waals surface area contributed by atoms with Crippen molar-refractivity contribution in [3.63, 3.8) is 0 Å². The maximum absolute atomic E-state index is 14.8. The number of ether oxygens (including phenoxy) is 2. The van der Waals surface area contributed by atoms with Gasteiger partial charge in [0.25, 0.3) is 0 Å². The summed E-state index contributed by atoms with van der Waals surface area (Å²) in [7, 11) is 5.87. The number of amides is 2. The lowest BCUT2D eigenvalue weighted by atomic mass is 9.51. The summed E-state index contributed by atoms with van der Waals surface area (Å²) in [5.41, 5.74) is 3.91. The fraction of sp³-hybridized carbons (Fsp3) is 0.628. The Labute approximate surface area is 320 Å². The van der Waals surface area contributed by atoms with Crippen molar-refractivity contribution in [1.29, 1.82) is 0 Å². The van der Waals surface area contributed by atoms with Gasteiger partial charge in [0, 0.05) is 49.4 Å². The molecule has 0 radical (unpaired) electrons. The molecule has 10 heteroatoms. The van der Waals surface area contributed by atoms with Crippen molar-refractivity contribution in [3.8, 4) is 16.2 Å². The molecule has 286 valence electrons. The van der Waals surface area contributed by atoms with E-state index in [1.807, 2.05) is 28.3 Å². The van der Waals surface area contributed by atoms with Gasteiger partial charge in [-0.3, -0.25) is 9.69 Å². The molecule has 1 unspecified atom stereocenters. The number of benzene rings is 1. The van der Waals surface area contributed by atoms with E-state index in [-0.39, 0.29) is 40.3 Å². The molecular weight excluding hydrogens is 683 g/mol. The molecule has 2 amide bonds. The molecule has 4 saturated carbocycles. The molecule has 4 aliphatic carbocycles. The fourth-order valence-electron chi connectivity index (χ4n) is 9.42. The van der Waals surface area contributed by atoms with E-state index in [0.29, 0.717) is 44.8 Å². The zero-order valence-corrected chi connectivity index (χ0v) is 33.8. The molecule has 5 aliphatic rings. The van der Waals surface area contributed by atoms with Gasteiger partial charge in [0.15, 0.2) is 0 Å². The highest BCUT2D eigenvalue weighted by atomic mass is 32.1. The zero-order valence-electron chi connectivity index (χ0n) is 33.0. The number of hydrogen-bond acceptors (Lipinski definition) is 8. The van der Waals surface area contributed by atoms with Crippen LogP contribution in [0, 0.1) is 18.3 Å². The highest BCUT2D eigenvalue weighted by molar-refractivity contribution is 7.15. The van der Waals surface area contributed by atoms with Gasteiger partial charge in [0.05, 0.1) is 17.0 Å². The molecule has 2 aromatic heterocycles. The predicted molar refractivity (Wildman–Crippen MR) is 212 cm³/mol. The lowest BCUT2D eigenvalue weighted by molar-refractivity contribution is -0.124. The second kappa shape index (κ2) is 15.0. The molecule has 3 aromatic rings. The van der Waals surface area contributed by atoms with Crippen molar-refractivity contribution in [2.24, 2.45) is 11.3 Å². The minimum absolute atomic E-state index is 0.0298. The van der Waals surface area contributed by atoms with Crippen molar-refractivity contribution >= 4 is 29.2 Å². The van der Waals surface area contributed by atoms with Crippen LogP contribution in [0.25, 0.3) is 10.4 Å². The maximum atomic E-state index is 14.8. The number of aromatic nitrogens is 2. The Bertz CT molecular complexity index is 1770. The fourth-order valence-corrected chi connectivity index (χ4v) is 10.4. The van der Waals surface area contributed by atoms with Gasteiger partial charge in [0.2, 0.25) is 5.91 Å². The van der Waals surface area contributed by atoms with E-state index in [9.17, 15) is 9.59 Å². The summed E-state index contributed by atoms with van der Waals surface area (Å²) < 4.78 is 11.6. The average Bonchev–Trinajstić information content (AvgIpc) is 3.87. The third-order valence-electron chi connectivity index (χ3n) is 13.1. The van der Waals surface area contributed by atoms with Crippen molar-refractivity contribution in [1.82, 2.24) is 19.8 Å².